The quantitative estimate of drug-likeness (QED) is 0.730. The molecular formula is C18H18N2O2S. The molecule has 118 valence electrons. The Kier molecular flexibility index (Phi) is 4.48. The smallest absolute Gasteiger partial charge is 0.307 e. The Morgan fingerprint density at radius 2 is 1.96 bits per heavy atom. The first-order valence-corrected chi connectivity index (χ1v) is 8.25. The van der Waals surface area contributed by atoms with Gasteiger partial charge in [0.2, 0.25) is 0 Å². The van der Waals surface area contributed by atoms with Crippen LogP contribution in [0.2, 0.25) is 0 Å². The second-order valence-corrected chi connectivity index (χ2v) is 6.15. The summed E-state index contributed by atoms with van der Waals surface area (Å²) in [5.74, 6) is 0.810. The molecule has 5 heteroatoms. The van der Waals surface area contributed by atoms with Crippen LogP contribution in [0.15, 0.2) is 58.7 Å². The third-order valence-electron chi connectivity index (χ3n) is 3.57. The summed E-state index contributed by atoms with van der Waals surface area (Å²) >= 11 is 1.19. The molecule has 23 heavy (non-hydrogen) atoms. The highest BCUT2D eigenvalue weighted by molar-refractivity contribution is 7.07. The lowest BCUT2D eigenvalue weighted by atomic mass is 10.1. The average Bonchev–Trinajstić information content (AvgIpc) is 2.90. The number of aryl methyl sites for hydroxylation is 1. The molecule has 3 rings (SSSR count). The van der Waals surface area contributed by atoms with Crippen LogP contribution in [0.5, 0.6) is 5.75 Å². The number of aromatic nitrogens is 1. The minimum atomic E-state index is 0.00920. The van der Waals surface area contributed by atoms with E-state index in [1.165, 1.54) is 16.9 Å². The van der Waals surface area contributed by atoms with Gasteiger partial charge in [-0.2, -0.15) is 0 Å². The zero-order chi connectivity index (χ0) is 16.2. The van der Waals surface area contributed by atoms with Crippen molar-refractivity contribution in [1.29, 1.82) is 0 Å². The fraction of sp³-hybridized carbons (Fsp3) is 0.167. The van der Waals surface area contributed by atoms with E-state index in [4.69, 9.17) is 10.5 Å². The first-order chi connectivity index (χ1) is 11.1. The van der Waals surface area contributed by atoms with Gasteiger partial charge in [-0.1, -0.05) is 41.2 Å². The maximum Gasteiger partial charge on any atom is 0.307 e. The molecule has 2 N–H and O–H groups in total. The topological polar surface area (TPSA) is 57.2 Å². The molecule has 0 saturated heterocycles. The van der Waals surface area contributed by atoms with Gasteiger partial charge < -0.3 is 10.5 Å². The zero-order valence-corrected chi connectivity index (χ0v) is 13.7. The molecule has 3 aromatic rings. The van der Waals surface area contributed by atoms with Gasteiger partial charge in [-0.05, 0) is 31.2 Å². The molecule has 2 aromatic carbocycles. The summed E-state index contributed by atoms with van der Waals surface area (Å²) < 4.78 is 7.45. The van der Waals surface area contributed by atoms with Crippen LogP contribution in [0, 0.1) is 6.92 Å². The van der Waals surface area contributed by atoms with Crippen molar-refractivity contribution in [2.75, 3.05) is 12.3 Å². The summed E-state index contributed by atoms with van der Waals surface area (Å²) in [6, 6.07) is 15.4. The molecule has 0 aliphatic rings. The summed E-state index contributed by atoms with van der Waals surface area (Å²) in [7, 11) is 0. The van der Waals surface area contributed by atoms with Crippen LogP contribution in [0.4, 0.5) is 5.69 Å². The molecule has 0 spiro atoms. The number of nitrogens with zero attached hydrogens (tertiary/aromatic N) is 1. The van der Waals surface area contributed by atoms with Crippen molar-refractivity contribution in [3.05, 3.63) is 69.1 Å². The van der Waals surface area contributed by atoms with Crippen LogP contribution < -0.4 is 15.3 Å². The van der Waals surface area contributed by atoms with Crippen LogP contribution in [-0.2, 0) is 6.54 Å². The van der Waals surface area contributed by atoms with Crippen LogP contribution >= 0.6 is 11.3 Å². The molecule has 0 fully saturated rings. The summed E-state index contributed by atoms with van der Waals surface area (Å²) in [4.78, 5) is 12.1. The van der Waals surface area contributed by atoms with E-state index in [9.17, 15) is 4.79 Å². The van der Waals surface area contributed by atoms with Crippen molar-refractivity contribution < 1.29 is 4.74 Å². The molecule has 1 heterocycles. The highest BCUT2D eigenvalue weighted by Crippen LogP contribution is 2.22. The first-order valence-electron chi connectivity index (χ1n) is 7.37. The predicted molar refractivity (Wildman–Crippen MR) is 95.1 cm³/mol. The highest BCUT2D eigenvalue weighted by Gasteiger charge is 2.09. The Morgan fingerprint density at radius 1 is 1.17 bits per heavy atom. The molecule has 4 nitrogen and oxygen atoms in total. The van der Waals surface area contributed by atoms with Gasteiger partial charge in [0.05, 0.1) is 12.2 Å². The van der Waals surface area contributed by atoms with Crippen molar-refractivity contribution in [2.45, 2.75) is 13.5 Å². The van der Waals surface area contributed by atoms with Crippen molar-refractivity contribution in [3.8, 4) is 17.0 Å². The van der Waals surface area contributed by atoms with E-state index >= 15 is 0 Å². The normalized spacial score (nSPS) is 10.7. The molecule has 0 unspecified atom stereocenters. The van der Waals surface area contributed by atoms with Gasteiger partial charge in [0.25, 0.3) is 0 Å². The number of thiazole rings is 1. The Hall–Kier alpha value is -2.53. The minimum absolute atomic E-state index is 0.00920. The van der Waals surface area contributed by atoms with E-state index in [0.29, 0.717) is 18.8 Å². The number of benzene rings is 2. The number of nitrogen functional groups attached to an aromatic ring is 1. The standard InChI is InChI=1S/C18H18N2O2S/c1-13-5-7-16(8-6-13)22-10-9-20-17(12-23-18(20)21)14-3-2-4-15(19)11-14/h2-8,11-12H,9-10,19H2,1H3. The van der Waals surface area contributed by atoms with Crippen LogP contribution in [0.3, 0.4) is 0 Å². The molecule has 0 amide bonds. The van der Waals surface area contributed by atoms with E-state index in [1.54, 1.807) is 4.57 Å². The third kappa shape index (κ3) is 3.63. The molecular weight excluding hydrogens is 308 g/mol. The van der Waals surface area contributed by atoms with E-state index < -0.39 is 0 Å². The Bertz CT molecular complexity index is 850. The van der Waals surface area contributed by atoms with Gasteiger partial charge in [-0.3, -0.25) is 9.36 Å². The van der Waals surface area contributed by atoms with Gasteiger partial charge in [-0.25, -0.2) is 0 Å². The lowest BCUT2D eigenvalue weighted by Gasteiger charge is -2.10. The molecule has 0 saturated carbocycles. The van der Waals surface area contributed by atoms with Gasteiger partial charge >= 0.3 is 4.87 Å². The molecule has 0 aliphatic heterocycles. The van der Waals surface area contributed by atoms with Crippen molar-refractivity contribution in [3.63, 3.8) is 0 Å². The van der Waals surface area contributed by atoms with Crippen LogP contribution in [0.1, 0.15) is 5.56 Å². The monoisotopic (exact) mass is 326 g/mol. The lowest BCUT2D eigenvalue weighted by molar-refractivity contribution is 0.298. The second-order valence-electron chi connectivity index (χ2n) is 5.33. The van der Waals surface area contributed by atoms with Crippen molar-refractivity contribution in [1.82, 2.24) is 4.57 Å². The molecule has 0 aliphatic carbocycles. The Morgan fingerprint density at radius 3 is 2.70 bits per heavy atom. The third-order valence-corrected chi connectivity index (χ3v) is 4.33. The van der Waals surface area contributed by atoms with Crippen LogP contribution in [-0.4, -0.2) is 11.2 Å². The second kappa shape index (κ2) is 6.71. The van der Waals surface area contributed by atoms with Crippen molar-refractivity contribution in [2.24, 2.45) is 0 Å². The lowest BCUT2D eigenvalue weighted by Crippen LogP contribution is -2.18. The largest absolute Gasteiger partial charge is 0.492 e. The maximum absolute atomic E-state index is 12.1. The molecule has 0 radical (unpaired) electrons. The summed E-state index contributed by atoms with van der Waals surface area (Å²) in [5.41, 5.74) is 9.52. The summed E-state index contributed by atoms with van der Waals surface area (Å²) in [6.07, 6.45) is 0. The molecule has 0 bridgehead atoms. The summed E-state index contributed by atoms with van der Waals surface area (Å²) in [6.45, 7) is 2.97. The fourth-order valence-electron chi connectivity index (χ4n) is 2.35. The van der Waals surface area contributed by atoms with E-state index in [2.05, 4.69) is 0 Å². The van der Waals surface area contributed by atoms with Gasteiger partial charge in [0, 0.05) is 16.6 Å². The minimum Gasteiger partial charge on any atom is -0.492 e. The maximum atomic E-state index is 12.1. The number of hydrogen-bond donors (Lipinski definition) is 1. The van der Waals surface area contributed by atoms with E-state index in [1.807, 2.05) is 60.8 Å². The zero-order valence-electron chi connectivity index (χ0n) is 12.9. The van der Waals surface area contributed by atoms with Crippen LogP contribution in [0.25, 0.3) is 11.3 Å². The van der Waals surface area contributed by atoms with Crippen molar-refractivity contribution >= 4 is 17.0 Å². The Labute approximate surface area is 138 Å². The first kappa shape index (κ1) is 15.4. The van der Waals surface area contributed by atoms with E-state index in [0.717, 1.165) is 17.0 Å². The van der Waals surface area contributed by atoms with Gasteiger partial charge in [0.15, 0.2) is 0 Å². The number of rotatable bonds is 5. The number of anilines is 1. The average molecular weight is 326 g/mol. The fourth-order valence-corrected chi connectivity index (χ4v) is 3.15. The highest BCUT2D eigenvalue weighted by atomic mass is 32.1. The predicted octanol–water partition coefficient (Wildman–Crippen LogP) is 3.55. The molecule has 1 aromatic heterocycles. The molecule has 0 atom stereocenters. The number of nitrogens with two attached hydrogens (primary N) is 1. The number of ether oxygens (including phenoxy) is 1. The van der Waals surface area contributed by atoms with E-state index in [-0.39, 0.29) is 4.87 Å². The van der Waals surface area contributed by atoms with Gasteiger partial charge in [0.1, 0.15) is 12.4 Å². The van der Waals surface area contributed by atoms with Gasteiger partial charge in [-0.15, -0.1) is 0 Å². The Balaban J connectivity index is 1.74. The SMILES string of the molecule is Cc1ccc(OCCn2c(-c3cccc(N)c3)csc2=O)cc1. The summed E-state index contributed by atoms with van der Waals surface area (Å²) in [5, 5.41) is 1.86. The number of hydrogen-bond acceptors (Lipinski definition) is 4.